The van der Waals surface area contributed by atoms with Gasteiger partial charge in [0.2, 0.25) is 0 Å². The molecule has 2 nitrogen and oxygen atoms in total. The molecule has 0 aliphatic carbocycles. The first-order chi connectivity index (χ1) is 5.84. The smallest absolute Gasteiger partial charge is 0.120 e. The van der Waals surface area contributed by atoms with E-state index in [1.165, 1.54) is 0 Å². The number of hydrogen-bond donors (Lipinski definition) is 2. The number of rotatable bonds is 1. The lowest BCUT2D eigenvalue weighted by Gasteiger charge is -2.23. The molecule has 0 heterocycles. The highest BCUT2D eigenvalue weighted by atomic mass is 79.9. The van der Waals surface area contributed by atoms with Crippen molar-refractivity contribution in [2.45, 2.75) is 26.3 Å². The molecule has 72 valence electrons. The van der Waals surface area contributed by atoms with Gasteiger partial charge in [0.25, 0.3) is 0 Å². The van der Waals surface area contributed by atoms with Crippen LogP contribution in [0, 0.1) is 6.92 Å². The Balaban J connectivity index is 3.43. The van der Waals surface area contributed by atoms with Crippen molar-refractivity contribution in [3.05, 3.63) is 27.7 Å². The maximum absolute atomic E-state index is 9.65. The minimum Gasteiger partial charge on any atom is -0.508 e. The third-order valence-electron chi connectivity index (χ3n) is 2.02. The van der Waals surface area contributed by atoms with E-state index in [0.717, 1.165) is 15.6 Å². The summed E-state index contributed by atoms with van der Waals surface area (Å²) in [5.41, 5.74) is 7.22. The summed E-state index contributed by atoms with van der Waals surface area (Å²) < 4.78 is 0.971. The average molecular weight is 244 g/mol. The Bertz CT molecular complexity index is 328. The van der Waals surface area contributed by atoms with E-state index < -0.39 is 5.54 Å². The van der Waals surface area contributed by atoms with Crippen molar-refractivity contribution in [1.82, 2.24) is 0 Å². The molecule has 0 aliphatic rings. The second-order valence-corrected chi connectivity index (χ2v) is 4.64. The SMILES string of the molecule is Cc1c(Br)ccc(O)c1C(C)(C)N. The van der Waals surface area contributed by atoms with Crippen molar-refractivity contribution in [2.24, 2.45) is 5.73 Å². The number of phenols is 1. The Labute approximate surface area is 86.9 Å². The van der Waals surface area contributed by atoms with Crippen LogP contribution in [0.2, 0.25) is 0 Å². The molecule has 0 saturated heterocycles. The molecule has 0 spiro atoms. The zero-order valence-corrected chi connectivity index (χ0v) is 9.64. The first-order valence-corrected chi connectivity index (χ1v) is 4.90. The molecule has 0 bridgehead atoms. The van der Waals surface area contributed by atoms with Crippen LogP contribution in [-0.4, -0.2) is 5.11 Å². The van der Waals surface area contributed by atoms with Crippen LogP contribution in [-0.2, 0) is 5.54 Å². The number of hydrogen-bond acceptors (Lipinski definition) is 2. The van der Waals surface area contributed by atoms with E-state index in [-0.39, 0.29) is 5.75 Å². The van der Waals surface area contributed by atoms with Gasteiger partial charge in [0.15, 0.2) is 0 Å². The molecule has 0 saturated carbocycles. The molecule has 1 rings (SSSR count). The minimum atomic E-state index is -0.516. The van der Waals surface area contributed by atoms with Crippen LogP contribution in [0.25, 0.3) is 0 Å². The maximum atomic E-state index is 9.65. The van der Waals surface area contributed by atoms with Crippen LogP contribution in [0.3, 0.4) is 0 Å². The Morgan fingerprint density at radius 1 is 1.38 bits per heavy atom. The van der Waals surface area contributed by atoms with Gasteiger partial charge in [0.1, 0.15) is 5.75 Å². The van der Waals surface area contributed by atoms with E-state index in [9.17, 15) is 5.11 Å². The second-order valence-electron chi connectivity index (χ2n) is 3.79. The molecule has 0 fully saturated rings. The van der Waals surface area contributed by atoms with Gasteiger partial charge < -0.3 is 10.8 Å². The molecule has 3 heteroatoms. The fourth-order valence-corrected chi connectivity index (χ4v) is 1.82. The zero-order chi connectivity index (χ0) is 10.2. The van der Waals surface area contributed by atoms with Crippen LogP contribution in [0.4, 0.5) is 0 Å². The van der Waals surface area contributed by atoms with Gasteiger partial charge in [0, 0.05) is 15.6 Å². The summed E-state index contributed by atoms with van der Waals surface area (Å²) in [5.74, 6) is 0.258. The summed E-state index contributed by atoms with van der Waals surface area (Å²) in [6, 6.07) is 3.47. The molecule has 0 amide bonds. The van der Waals surface area contributed by atoms with Gasteiger partial charge in [-0.25, -0.2) is 0 Å². The van der Waals surface area contributed by atoms with Gasteiger partial charge in [-0.1, -0.05) is 15.9 Å². The fraction of sp³-hybridized carbons (Fsp3) is 0.400. The second kappa shape index (κ2) is 3.31. The van der Waals surface area contributed by atoms with Crippen molar-refractivity contribution in [3.8, 4) is 5.75 Å². The Morgan fingerprint density at radius 2 is 1.92 bits per heavy atom. The molecular formula is C10H14BrNO. The van der Waals surface area contributed by atoms with E-state index >= 15 is 0 Å². The van der Waals surface area contributed by atoms with Gasteiger partial charge in [-0.2, -0.15) is 0 Å². The molecule has 0 unspecified atom stereocenters. The Morgan fingerprint density at radius 3 is 2.31 bits per heavy atom. The quantitative estimate of drug-likeness (QED) is 0.797. The Kier molecular flexibility index (Phi) is 2.68. The first kappa shape index (κ1) is 10.5. The third-order valence-corrected chi connectivity index (χ3v) is 2.88. The van der Waals surface area contributed by atoms with Gasteiger partial charge in [-0.05, 0) is 38.5 Å². The summed E-state index contributed by atoms with van der Waals surface area (Å²) in [4.78, 5) is 0. The molecular weight excluding hydrogens is 230 g/mol. The molecule has 0 aliphatic heterocycles. The lowest BCUT2D eigenvalue weighted by atomic mass is 9.91. The number of aromatic hydroxyl groups is 1. The summed E-state index contributed by atoms with van der Waals surface area (Å²) in [6.07, 6.45) is 0. The van der Waals surface area contributed by atoms with E-state index in [1.807, 2.05) is 26.8 Å². The summed E-state index contributed by atoms with van der Waals surface area (Å²) in [5, 5.41) is 9.65. The van der Waals surface area contributed by atoms with Crippen molar-refractivity contribution in [1.29, 1.82) is 0 Å². The largest absolute Gasteiger partial charge is 0.508 e. The molecule has 0 aromatic heterocycles. The first-order valence-electron chi connectivity index (χ1n) is 4.11. The van der Waals surface area contributed by atoms with Crippen LogP contribution in [0.15, 0.2) is 16.6 Å². The molecule has 0 atom stereocenters. The monoisotopic (exact) mass is 243 g/mol. The number of nitrogens with two attached hydrogens (primary N) is 1. The maximum Gasteiger partial charge on any atom is 0.120 e. The average Bonchev–Trinajstić information content (AvgIpc) is 1.95. The molecule has 3 N–H and O–H groups in total. The fourth-order valence-electron chi connectivity index (χ4n) is 1.49. The number of halogens is 1. The predicted octanol–water partition coefficient (Wildman–Crippen LogP) is 2.66. The van der Waals surface area contributed by atoms with Crippen LogP contribution >= 0.6 is 15.9 Å². The zero-order valence-electron chi connectivity index (χ0n) is 8.06. The molecule has 13 heavy (non-hydrogen) atoms. The van der Waals surface area contributed by atoms with Crippen LogP contribution < -0.4 is 5.73 Å². The lowest BCUT2D eigenvalue weighted by molar-refractivity contribution is 0.438. The van der Waals surface area contributed by atoms with Gasteiger partial charge in [-0.15, -0.1) is 0 Å². The summed E-state index contributed by atoms with van der Waals surface area (Å²) in [6.45, 7) is 5.69. The van der Waals surface area contributed by atoms with Gasteiger partial charge >= 0.3 is 0 Å². The van der Waals surface area contributed by atoms with Gasteiger partial charge in [-0.3, -0.25) is 0 Å². The summed E-state index contributed by atoms with van der Waals surface area (Å²) in [7, 11) is 0. The van der Waals surface area contributed by atoms with Crippen LogP contribution in [0.1, 0.15) is 25.0 Å². The normalized spacial score (nSPS) is 11.8. The molecule has 1 aromatic carbocycles. The minimum absolute atomic E-state index is 0.258. The summed E-state index contributed by atoms with van der Waals surface area (Å²) >= 11 is 3.41. The highest BCUT2D eigenvalue weighted by molar-refractivity contribution is 9.10. The Hall–Kier alpha value is -0.540. The lowest BCUT2D eigenvalue weighted by Crippen LogP contribution is -2.29. The van der Waals surface area contributed by atoms with Crippen molar-refractivity contribution < 1.29 is 5.11 Å². The van der Waals surface area contributed by atoms with Crippen molar-refractivity contribution >= 4 is 15.9 Å². The highest BCUT2D eigenvalue weighted by Gasteiger charge is 2.21. The van der Waals surface area contributed by atoms with Crippen molar-refractivity contribution in [3.63, 3.8) is 0 Å². The van der Waals surface area contributed by atoms with E-state index in [2.05, 4.69) is 15.9 Å². The highest BCUT2D eigenvalue weighted by Crippen LogP contribution is 2.33. The predicted molar refractivity (Wildman–Crippen MR) is 57.8 cm³/mol. The number of benzene rings is 1. The van der Waals surface area contributed by atoms with E-state index in [1.54, 1.807) is 6.07 Å². The molecule has 0 radical (unpaired) electrons. The van der Waals surface area contributed by atoms with Crippen molar-refractivity contribution in [2.75, 3.05) is 0 Å². The topological polar surface area (TPSA) is 46.2 Å². The molecule has 1 aromatic rings. The van der Waals surface area contributed by atoms with E-state index in [0.29, 0.717) is 0 Å². The number of phenolic OH excluding ortho intramolecular Hbond substituents is 1. The standard InChI is InChI=1S/C10H14BrNO/c1-6-7(11)4-5-8(13)9(6)10(2,3)12/h4-5,13H,12H2,1-3H3. The van der Waals surface area contributed by atoms with Crippen LogP contribution in [0.5, 0.6) is 5.75 Å². The van der Waals surface area contributed by atoms with E-state index in [4.69, 9.17) is 5.73 Å². The van der Waals surface area contributed by atoms with Gasteiger partial charge in [0.05, 0.1) is 0 Å². The third kappa shape index (κ3) is 2.03.